The van der Waals surface area contributed by atoms with Crippen LogP contribution in [0.3, 0.4) is 0 Å². The Balaban J connectivity index is 1.43. The number of benzene rings is 1. The topological polar surface area (TPSA) is 68.0 Å². The Morgan fingerprint density at radius 3 is 3.14 bits per heavy atom. The van der Waals surface area contributed by atoms with E-state index in [1.54, 1.807) is 0 Å². The van der Waals surface area contributed by atoms with Crippen molar-refractivity contribution < 1.29 is 4.79 Å². The first kappa shape index (κ1) is 13.0. The maximum absolute atomic E-state index is 12.3. The number of amides is 1. The zero-order chi connectivity index (χ0) is 14.4. The molecule has 21 heavy (non-hydrogen) atoms. The second-order valence-corrected chi connectivity index (χ2v) is 6.70. The van der Waals surface area contributed by atoms with Gasteiger partial charge in [0, 0.05) is 23.8 Å². The summed E-state index contributed by atoms with van der Waals surface area (Å²) in [6.45, 7) is 0.568. The quantitative estimate of drug-likeness (QED) is 0.903. The second kappa shape index (κ2) is 4.93. The fourth-order valence-electron chi connectivity index (χ4n) is 3.43. The van der Waals surface area contributed by atoms with Crippen LogP contribution in [0.5, 0.6) is 0 Å². The van der Waals surface area contributed by atoms with E-state index in [4.69, 9.17) is 5.73 Å². The molecule has 2 aliphatic carbocycles. The molecular weight excluding hydrogens is 282 g/mol. The fraction of sp³-hybridized carbons (Fsp3) is 0.375. The molecule has 3 unspecified atom stereocenters. The normalized spacial score (nSPS) is 25.3. The van der Waals surface area contributed by atoms with Crippen LogP contribution in [0.15, 0.2) is 29.6 Å². The number of carbonyl (C=O) groups excluding carboxylic acids is 1. The molecule has 2 aromatic rings. The number of rotatable bonds is 4. The maximum Gasteiger partial charge on any atom is 0.271 e. The number of hydrogen-bond donors (Lipinski definition) is 2. The lowest BCUT2D eigenvalue weighted by Crippen LogP contribution is -2.29. The van der Waals surface area contributed by atoms with Crippen LogP contribution in [0.2, 0.25) is 0 Å². The molecule has 2 aliphatic rings. The first-order chi connectivity index (χ1) is 10.3. The Kier molecular flexibility index (Phi) is 3.05. The number of aromatic nitrogens is 1. The number of nitrogens with zero attached hydrogens (tertiary/aromatic N) is 1. The molecule has 0 aliphatic heterocycles. The lowest BCUT2D eigenvalue weighted by Gasteiger charge is -2.08. The van der Waals surface area contributed by atoms with Crippen molar-refractivity contribution in [1.82, 2.24) is 10.3 Å². The molecule has 0 radical (unpaired) electrons. The van der Waals surface area contributed by atoms with E-state index in [1.165, 1.54) is 22.5 Å². The van der Waals surface area contributed by atoms with Gasteiger partial charge in [-0.1, -0.05) is 24.3 Å². The molecule has 3 atom stereocenters. The number of fused-ring (bicyclic) bond motifs is 3. The van der Waals surface area contributed by atoms with Crippen molar-refractivity contribution in [2.45, 2.75) is 24.8 Å². The molecule has 1 aromatic carbocycles. The summed E-state index contributed by atoms with van der Waals surface area (Å²) in [6, 6.07) is 8.84. The SMILES string of the molecule is NCCc1nc(C(=O)NC2C3Cc4ccccc4C32)cs1. The van der Waals surface area contributed by atoms with Gasteiger partial charge in [-0.25, -0.2) is 4.98 Å². The van der Waals surface area contributed by atoms with Gasteiger partial charge in [-0.3, -0.25) is 4.79 Å². The molecule has 1 heterocycles. The number of nitrogens with one attached hydrogen (secondary N) is 1. The molecule has 1 saturated carbocycles. The van der Waals surface area contributed by atoms with Crippen molar-refractivity contribution in [2.75, 3.05) is 6.54 Å². The third-order valence-corrected chi connectivity index (χ3v) is 5.39. The van der Waals surface area contributed by atoms with E-state index < -0.39 is 0 Å². The highest BCUT2D eigenvalue weighted by molar-refractivity contribution is 7.09. The minimum atomic E-state index is -0.0496. The second-order valence-electron chi connectivity index (χ2n) is 5.76. The predicted octanol–water partition coefficient (Wildman–Crippen LogP) is 1.71. The van der Waals surface area contributed by atoms with Crippen LogP contribution in [-0.4, -0.2) is 23.5 Å². The van der Waals surface area contributed by atoms with Crippen molar-refractivity contribution in [1.29, 1.82) is 0 Å². The summed E-state index contributed by atoms with van der Waals surface area (Å²) in [6.07, 6.45) is 1.82. The van der Waals surface area contributed by atoms with Gasteiger partial charge in [-0.15, -0.1) is 11.3 Å². The molecule has 108 valence electrons. The summed E-state index contributed by atoms with van der Waals surface area (Å²) in [4.78, 5) is 16.6. The highest BCUT2D eigenvalue weighted by Gasteiger charge is 2.56. The van der Waals surface area contributed by atoms with E-state index in [0.29, 0.717) is 24.1 Å². The van der Waals surface area contributed by atoms with Crippen molar-refractivity contribution in [2.24, 2.45) is 11.7 Å². The Labute approximate surface area is 127 Å². The largest absolute Gasteiger partial charge is 0.347 e. The molecule has 0 bridgehead atoms. The highest BCUT2D eigenvalue weighted by Crippen LogP contribution is 2.56. The number of hydrogen-bond acceptors (Lipinski definition) is 4. The zero-order valence-electron chi connectivity index (χ0n) is 11.6. The number of carbonyl (C=O) groups is 1. The summed E-state index contributed by atoms with van der Waals surface area (Å²) in [5, 5.41) is 5.90. The summed E-state index contributed by atoms with van der Waals surface area (Å²) in [5.74, 6) is 1.03. The van der Waals surface area contributed by atoms with Crippen molar-refractivity contribution in [3.63, 3.8) is 0 Å². The third-order valence-electron chi connectivity index (χ3n) is 4.48. The average Bonchev–Trinajstić information content (AvgIpc) is 2.89. The van der Waals surface area contributed by atoms with Crippen molar-refractivity contribution in [3.8, 4) is 0 Å². The smallest absolute Gasteiger partial charge is 0.271 e. The standard InChI is InChI=1S/C16H17N3OS/c17-6-5-13-18-12(8-21-13)16(20)19-15-11-7-9-3-1-2-4-10(9)14(11)15/h1-4,8,11,14-15H,5-7,17H2,(H,19,20). The highest BCUT2D eigenvalue weighted by atomic mass is 32.1. The minimum absolute atomic E-state index is 0.0496. The Hall–Kier alpha value is -1.72. The maximum atomic E-state index is 12.3. The first-order valence-electron chi connectivity index (χ1n) is 7.31. The molecule has 0 spiro atoms. The molecule has 1 fully saturated rings. The lowest BCUT2D eigenvalue weighted by atomic mass is 10.1. The van der Waals surface area contributed by atoms with E-state index in [-0.39, 0.29) is 11.9 Å². The van der Waals surface area contributed by atoms with Crippen LogP contribution in [0.1, 0.15) is 32.5 Å². The van der Waals surface area contributed by atoms with Crippen LogP contribution in [0, 0.1) is 5.92 Å². The molecule has 4 rings (SSSR count). The van der Waals surface area contributed by atoms with Crippen LogP contribution in [-0.2, 0) is 12.8 Å². The molecule has 1 aromatic heterocycles. The van der Waals surface area contributed by atoms with Gasteiger partial charge >= 0.3 is 0 Å². The zero-order valence-corrected chi connectivity index (χ0v) is 12.4. The van der Waals surface area contributed by atoms with E-state index in [0.717, 1.165) is 17.8 Å². The van der Waals surface area contributed by atoms with Crippen LogP contribution < -0.4 is 11.1 Å². The number of thiazole rings is 1. The van der Waals surface area contributed by atoms with Crippen LogP contribution in [0.4, 0.5) is 0 Å². The van der Waals surface area contributed by atoms with Crippen molar-refractivity contribution >= 4 is 17.2 Å². The average molecular weight is 299 g/mol. The molecule has 4 nitrogen and oxygen atoms in total. The lowest BCUT2D eigenvalue weighted by molar-refractivity contribution is 0.0943. The van der Waals surface area contributed by atoms with Gasteiger partial charge < -0.3 is 11.1 Å². The van der Waals surface area contributed by atoms with E-state index in [2.05, 4.69) is 34.6 Å². The molecule has 1 amide bonds. The summed E-state index contributed by atoms with van der Waals surface area (Å²) in [7, 11) is 0. The van der Waals surface area contributed by atoms with Gasteiger partial charge in [0.1, 0.15) is 5.69 Å². The van der Waals surface area contributed by atoms with E-state index in [9.17, 15) is 4.79 Å². The third kappa shape index (κ3) is 2.17. The fourth-order valence-corrected chi connectivity index (χ4v) is 4.22. The summed E-state index contributed by atoms with van der Waals surface area (Å²) < 4.78 is 0. The van der Waals surface area contributed by atoms with Crippen LogP contribution >= 0.6 is 11.3 Å². The first-order valence-corrected chi connectivity index (χ1v) is 8.19. The molecule has 3 N–H and O–H groups in total. The van der Waals surface area contributed by atoms with Gasteiger partial charge in [0.2, 0.25) is 0 Å². The molecule has 0 saturated heterocycles. The van der Waals surface area contributed by atoms with Crippen LogP contribution in [0.25, 0.3) is 0 Å². The van der Waals surface area contributed by atoms with E-state index in [1.807, 2.05) is 5.38 Å². The summed E-state index contributed by atoms with van der Waals surface area (Å²) >= 11 is 1.51. The molecular formula is C16H17N3OS. The van der Waals surface area contributed by atoms with Gasteiger partial charge in [0.25, 0.3) is 5.91 Å². The van der Waals surface area contributed by atoms with E-state index >= 15 is 0 Å². The Morgan fingerprint density at radius 1 is 1.43 bits per heavy atom. The Morgan fingerprint density at radius 2 is 2.29 bits per heavy atom. The van der Waals surface area contributed by atoms with Gasteiger partial charge in [-0.2, -0.15) is 0 Å². The number of nitrogens with two attached hydrogens (primary N) is 1. The minimum Gasteiger partial charge on any atom is -0.347 e. The van der Waals surface area contributed by atoms with Gasteiger partial charge in [-0.05, 0) is 30.0 Å². The van der Waals surface area contributed by atoms with Gasteiger partial charge in [0.15, 0.2) is 0 Å². The predicted molar refractivity (Wildman–Crippen MR) is 82.5 cm³/mol. The monoisotopic (exact) mass is 299 g/mol. The summed E-state index contributed by atoms with van der Waals surface area (Å²) in [5.41, 5.74) is 8.89. The Bertz CT molecular complexity index is 696. The van der Waals surface area contributed by atoms with Gasteiger partial charge in [0.05, 0.1) is 5.01 Å². The van der Waals surface area contributed by atoms with Crippen molar-refractivity contribution in [3.05, 3.63) is 51.5 Å². The molecule has 5 heteroatoms.